The van der Waals surface area contributed by atoms with Gasteiger partial charge >= 0.3 is 6.03 Å². The number of nitrogens with one attached hydrogen (secondary N) is 2. The lowest BCUT2D eigenvalue weighted by Crippen LogP contribution is -2.51. The van der Waals surface area contributed by atoms with Gasteiger partial charge in [0.15, 0.2) is 0 Å². The van der Waals surface area contributed by atoms with E-state index in [9.17, 15) is 4.79 Å². The average Bonchev–Trinajstić information content (AvgIpc) is 2.54. The summed E-state index contributed by atoms with van der Waals surface area (Å²) in [5.41, 5.74) is 1.11. The molecule has 2 rings (SSSR count). The number of hydrogen-bond acceptors (Lipinski definition) is 3. The van der Waals surface area contributed by atoms with Gasteiger partial charge in [0.05, 0.1) is 0 Å². The quantitative estimate of drug-likeness (QED) is 0.849. The predicted octanol–water partition coefficient (Wildman–Crippen LogP) is 2.70. The van der Waals surface area contributed by atoms with Crippen molar-refractivity contribution < 1.29 is 9.53 Å². The van der Waals surface area contributed by atoms with Gasteiger partial charge < -0.3 is 20.3 Å². The summed E-state index contributed by atoms with van der Waals surface area (Å²) in [6, 6.07) is 10.7. The molecule has 1 aliphatic heterocycles. The predicted molar refractivity (Wildman–Crippen MR) is 89.1 cm³/mol. The van der Waals surface area contributed by atoms with Crippen LogP contribution in [0.15, 0.2) is 30.3 Å². The molecule has 1 aromatic carbocycles. The van der Waals surface area contributed by atoms with E-state index >= 15 is 0 Å². The molecule has 122 valence electrons. The normalized spacial score (nSPS) is 19.5. The Morgan fingerprint density at radius 3 is 2.91 bits per heavy atom. The van der Waals surface area contributed by atoms with Crippen LogP contribution < -0.4 is 10.6 Å². The fourth-order valence-corrected chi connectivity index (χ4v) is 2.72. The minimum atomic E-state index is 0.0307. The van der Waals surface area contributed by atoms with E-state index in [0.29, 0.717) is 12.6 Å². The molecule has 22 heavy (non-hydrogen) atoms. The van der Waals surface area contributed by atoms with Gasteiger partial charge in [-0.15, -0.1) is 0 Å². The van der Waals surface area contributed by atoms with Crippen LogP contribution in [0.4, 0.5) is 10.5 Å². The van der Waals surface area contributed by atoms with Crippen molar-refractivity contribution in [3.8, 4) is 0 Å². The Kier molecular flexibility index (Phi) is 6.52. The standard InChI is InChI=1S/C17H27N3O2/c1-14(10-12-22-2)18-17(21)20-11-6-9-16(13-20)19-15-7-4-3-5-8-15/h3-5,7-8,14,16,19H,6,9-13H2,1-2H3,(H,18,21). The summed E-state index contributed by atoms with van der Waals surface area (Å²) < 4.78 is 5.05. The highest BCUT2D eigenvalue weighted by atomic mass is 16.5. The molecule has 5 heteroatoms. The summed E-state index contributed by atoms with van der Waals surface area (Å²) in [6.45, 7) is 4.26. The molecule has 0 bridgehead atoms. The first-order valence-electron chi connectivity index (χ1n) is 8.05. The van der Waals surface area contributed by atoms with Gasteiger partial charge in [-0.2, -0.15) is 0 Å². The summed E-state index contributed by atoms with van der Waals surface area (Å²) in [5, 5.41) is 6.56. The van der Waals surface area contributed by atoms with Crippen LogP contribution in [0.5, 0.6) is 0 Å². The molecular weight excluding hydrogens is 278 g/mol. The number of ether oxygens (including phenoxy) is 1. The molecule has 5 nitrogen and oxygen atoms in total. The van der Waals surface area contributed by atoms with E-state index in [2.05, 4.69) is 22.8 Å². The lowest BCUT2D eigenvalue weighted by Gasteiger charge is -2.34. The molecule has 1 fully saturated rings. The van der Waals surface area contributed by atoms with Crippen LogP contribution in [0.25, 0.3) is 0 Å². The fourth-order valence-electron chi connectivity index (χ4n) is 2.72. The minimum absolute atomic E-state index is 0.0307. The molecular formula is C17H27N3O2. The van der Waals surface area contributed by atoms with Gasteiger partial charge in [0, 0.05) is 44.6 Å². The second kappa shape index (κ2) is 8.63. The van der Waals surface area contributed by atoms with E-state index < -0.39 is 0 Å². The van der Waals surface area contributed by atoms with Crippen LogP contribution in [0.1, 0.15) is 26.2 Å². The van der Waals surface area contributed by atoms with Crippen molar-refractivity contribution in [3.63, 3.8) is 0 Å². The lowest BCUT2D eigenvalue weighted by molar-refractivity contribution is 0.167. The van der Waals surface area contributed by atoms with Gasteiger partial charge in [0.25, 0.3) is 0 Å². The van der Waals surface area contributed by atoms with Crippen LogP contribution in [-0.4, -0.2) is 49.8 Å². The van der Waals surface area contributed by atoms with E-state index in [4.69, 9.17) is 4.74 Å². The minimum Gasteiger partial charge on any atom is -0.385 e. The SMILES string of the molecule is COCCC(C)NC(=O)N1CCCC(Nc2ccccc2)C1. The highest BCUT2D eigenvalue weighted by Gasteiger charge is 2.24. The monoisotopic (exact) mass is 305 g/mol. The Balaban J connectivity index is 1.81. The Bertz CT molecular complexity index is 452. The van der Waals surface area contributed by atoms with Crippen LogP contribution in [-0.2, 0) is 4.74 Å². The van der Waals surface area contributed by atoms with Gasteiger partial charge in [0.2, 0.25) is 0 Å². The molecule has 1 aliphatic rings. The first-order valence-corrected chi connectivity index (χ1v) is 8.05. The zero-order valence-electron chi connectivity index (χ0n) is 13.5. The molecule has 1 heterocycles. The van der Waals surface area contributed by atoms with Crippen molar-refractivity contribution in [2.45, 2.75) is 38.3 Å². The number of amides is 2. The number of anilines is 1. The van der Waals surface area contributed by atoms with E-state index in [1.54, 1.807) is 7.11 Å². The summed E-state index contributed by atoms with van der Waals surface area (Å²) in [6.07, 6.45) is 2.96. The van der Waals surface area contributed by atoms with Gasteiger partial charge in [0.1, 0.15) is 0 Å². The molecule has 0 radical (unpaired) electrons. The van der Waals surface area contributed by atoms with E-state index in [1.165, 1.54) is 0 Å². The Labute approximate surface area is 133 Å². The molecule has 1 aromatic rings. The molecule has 0 aliphatic carbocycles. The number of rotatable bonds is 6. The third kappa shape index (κ3) is 5.22. The van der Waals surface area contributed by atoms with Gasteiger partial charge in [-0.3, -0.25) is 0 Å². The van der Waals surface area contributed by atoms with Gasteiger partial charge in [-0.05, 0) is 38.3 Å². The molecule has 1 saturated heterocycles. The third-order valence-corrected chi connectivity index (χ3v) is 3.98. The number of methoxy groups -OCH3 is 1. The first-order chi connectivity index (χ1) is 10.7. The highest BCUT2D eigenvalue weighted by Crippen LogP contribution is 2.16. The van der Waals surface area contributed by atoms with Crippen LogP contribution in [0.2, 0.25) is 0 Å². The van der Waals surface area contributed by atoms with Crippen molar-refractivity contribution in [1.82, 2.24) is 10.2 Å². The number of benzene rings is 1. The maximum atomic E-state index is 12.3. The second-order valence-corrected chi connectivity index (χ2v) is 5.93. The number of urea groups is 1. The van der Waals surface area contributed by atoms with Crippen LogP contribution >= 0.6 is 0 Å². The van der Waals surface area contributed by atoms with Crippen LogP contribution in [0, 0.1) is 0 Å². The Morgan fingerprint density at radius 1 is 1.41 bits per heavy atom. The van der Waals surface area contributed by atoms with Gasteiger partial charge in [-0.1, -0.05) is 18.2 Å². The number of hydrogen-bond donors (Lipinski definition) is 2. The smallest absolute Gasteiger partial charge is 0.317 e. The first kappa shape index (κ1) is 16.6. The maximum absolute atomic E-state index is 12.3. The molecule has 2 atom stereocenters. The molecule has 0 saturated carbocycles. The van der Waals surface area contributed by atoms with E-state index in [-0.39, 0.29) is 12.1 Å². The number of carbonyl (C=O) groups is 1. The topological polar surface area (TPSA) is 53.6 Å². The fraction of sp³-hybridized carbons (Fsp3) is 0.588. The molecule has 2 amide bonds. The summed E-state index contributed by atoms with van der Waals surface area (Å²) in [4.78, 5) is 14.2. The maximum Gasteiger partial charge on any atom is 0.317 e. The van der Waals surface area contributed by atoms with Crippen molar-refractivity contribution in [3.05, 3.63) is 30.3 Å². The largest absolute Gasteiger partial charge is 0.385 e. The number of piperidine rings is 1. The number of nitrogens with zero attached hydrogens (tertiary/aromatic N) is 1. The second-order valence-electron chi connectivity index (χ2n) is 5.93. The molecule has 2 N–H and O–H groups in total. The van der Waals surface area contributed by atoms with Gasteiger partial charge in [-0.25, -0.2) is 4.79 Å². The number of carbonyl (C=O) groups excluding carboxylic acids is 1. The third-order valence-electron chi connectivity index (χ3n) is 3.98. The summed E-state index contributed by atoms with van der Waals surface area (Å²) in [7, 11) is 1.68. The van der Waals surface area contributed by atoms with Crippen molar-refractivity contribution in [2.75, 3.05) is 32.1 Å². The molecule has 0 aromatic heterocycles. The highest BCUT2D eigenvalue weighted by molar-refractivity contribution is 5.74. The zero-order valence-corrected chi connectivity index (χ0v) is 13.5. The Morgan fingerprint density at radius 2 is 2.18 bits per heavy atom. The summed E-state index contributed by atoms with van der Waals surface area (Å²) in [5.74, 6) is 0. The summed E-state index contributed by atoms with van der Waals surface area (Å²) >= 11 is 0. The van der Waals surface area contributed by atoms with E-state index in [0.717, 1.165) is 38.0 Å². The molecule has 0 spiro atoms. The van der Waals surface area contributed by atoms with Crippen molar-refractivity contribution in [1.29, 1.82) is 0 Å². The average molecular weight is 305 g/mol. The van der Waals surface area contributed by atoms with Crippen LogP contribution in [0.3, 0.4) is 0 Å². The lowest BCUT2D eigenvalue weighted by atomic mass is 10.1. The van der Waals surface area contributed by atoms with Crippen molar-refractivity contribution >= 4 is 11.7 Å². The van der Waals surface area contributed by atoms with Crippen molar-refractivity contribution in [2.24, 2.45) is 0 Å². The van der Waals surface area contributed by atoms with E-state index in [1.807, 2.05) is 30.0 Å². The number of likely N-dealkylation sites (tertiary alicyclic amines) is 1. The zero-order chi connectivity index (χ0) is 15.8. The number of para-hydroxylation sites is 1. The molecule has 2 unspecified atom stereocenters. The Hall–Kier alpha value is -1.75.